The number of aromatic nitrogens is 2. The van der Waals surface area contributed by atoms with Gasteiger partial charge < -0.3 is 14.6 Å². The number of aromatic amines is 1. The van der Waals surface area contributed by atoms with E-state index in [2.05, 4.69) is 25.8 Å². The lowest BCUT2D eigenvalue weighted by Gasteiger charge is -2.32. The van der Waals surface area contributed by atoms with Crippen molar-refractivity contribution >= 4 is 0 Å². The molecule has 4 atom stereocenters. The topological polar surface area (TPSA) is 93.6 Å². The molecule has 7 heteroatoms. The lowest BCUT2D eigenvalue weighted by molar-refractivity contribution is -0.117. The van der Waals surface area contributed by atoms with Crippen LogP contribution in [-0.2, 0) is 9.47 Å². The maximum atomic E-state index is 12.0. The first-order valence-electron chi connectivity index (χ1n) is 8.20. The summed E-state index contributed by atoms with van der Waals surface area (Å²) < 4.78 is 13.2. The van der Waals surface area contributed by atoms with Crippen LogP contribution in [0.5, 0.6) is 0 Å². The van der Waals surface area contributed by atoms with Crippen molar-refractivity contribution in [1.82, 2.24) is 9.55 Å². The molecule has 1 saturated heterocycles. The van der Waals surface area contributed by atoms with E-state index < -0.39 is 35.3 Å². The number of ether oxygens (including phenoxy) is 2. The monoisotopic (exact) mass is 340 g/mol. The molecule has 24 heavy (non-hydrogen) atoms. The molecule has 0 amide bonds. The summed E-state index contributed by atoms with van der Waals surface area (Å²) in [6.07, 6.45) is -0.826. The standard InChI is InChI=1S/C17H28N2O5/c1-16(2,3)9-10-13(24-17(4,5)6)12(21)14(23-10)19-8-7-11(20)18-15(19)22/h7-8,10,12-14,21H,9H2,1-6H3,(H,18,20,22)/t10-,12?,13?,14-/m1/s1. The van der Waals surface area contributed by atoms with E-state index in [1.165, 1.54) is 16.8 Å². The van der Waals surface area contributed by atoms with Gasteiger partial charge in [0, 0.05) is 12.3 Å². The van der Waals surface area contributed by atoms with Crippen LogP contribution in [0.4, 0.5) is 0 Å². The Hall–Kier alpha value is -1.44. The van der Waals surface area contributed by atoms with Crippen molar-refractivity contribution in [3.8, 4) is 0 Å². The van der Waals surface area contributed by atoms with Gasteiger partial charge in [0.05, 0.1) is 11.7 Å². The van der Waals surface area contributed by atoms with Gasteiger partial charge in [0.2, 0.25) is 0 Å². The van der Waals surface area contributed by atoms with Gasteiger partial charge in [-0.05, 0) is 32.6 Å². The van der Waals surface area contributed by atoms with Crippen molar-refractivity contribution in [2.75, 3.05) is 0 Å². The molecule has 1 aromatic heterocycles. The highest BCUT2D eigenvalue weighted by Gasteiger charge is 2.48. The normalized spacial score (nSPS) is 28.3. The van der Waals surface area contributed by atoms with Crippen molar-refractivity contribution < 1.29 is 14.6 Å². The Morgan fingerprint density at radius 3 is 2.38 bits per heavy atom. The number of aliphatic hydroxyl groups is 1. The second-order valence-corrected chi connectivity index (χ2v) is 8.53. The maximum absolute atomic E-state index is 12.0. The lowest BCUT2D eigenvalue weighted by atomic mass is 9.87. The molecule has 1 aromatic rings. The summed E-state index contributed by atoms with van der Waals surface area (Å²) in [5.41, 5.74) is -1.60. The molecular weight excluding hydrogens is 312 g/mol. The second-order valence-electron chi connectivity index (χ2n) is 8.53. The number of aliphatic hydroxyl groups excluding tert-OH is 1. The average Bonchev–Trinajstić information content (AvgIpc) is 2.64. The molecule has 2 N–H and O–H groups in total. The molecule has 2 unspecified atom stereocenters. The summed E-state index contributed by atoms with van der Waals surface area (Å²) >= 11 is 0. The average molecular weight is 340 g/mol. The van der Waals surface area contributed by atoms with Crippen LogP contribution in [0.3, 0.4) is 0 Å². The molecule has 0 aliphatic carbocycles. The molecule has 136 valence electrons. The summed E-state index contributed by atoms with van der Waals surface area (Å²) in [5.74, 6) is 0. The zero-order valence-corrected chi connectivity index (χ0v) is 15.2. The third-order valence-corrected chi connectivity index (χ3v) is 3.74. The van der Waals surface area contributed by atoms with Crippen molar-refractivity contribution in [1.29, 1.82) is 0 Å². The molecule has 2 heterocycles. The van der Waals surface area contributed by atoms with Crippen LogP contribution in [0.1, 0.15) is 54.2 Å². The highest BCUT2D eigenvalue weighted by atomic mass is 16.6. The molecular formula is C17H28N2O5. The first kappa shape index (κ1) is 18.9. The van der Waals surface area contributed by atoms with Gasteiger partial charge >= 0.3 is 5.69 Å². The Morgan fingerprint density at radius 1 is 1.25 bits per heavy atom. The smallest absolute Gasteiger partial charge is 0.330 e. The fraction of sp³-hybridized carbons (Fsp3) is 0.765. The first-order chi connectivity index (χ1) is 10.9. The summed E-state index contributed by atoms with van der Waals surface area (Å²) in [4.78, 5) is 25.5. The van der Waals surface area contributed by atoms with Crippen LogP contribution in [-0.4, -0.2) is 38.6 Å². The number of nitrogens with zero attached hydrogens (tertiary/aromatic N) is 1. The van der Waals surface area contributed by atoms with Crippen molar-refractivity contribution in [3.63, 3.8) is 0 Å². The van der Waals surface area contributed by atoms with Gasteiger partial charge in [0.25, 0.3) is 5.56 Å². The fourth-order valence-electron chi connectivity index (χ4n) is 2.90. The predicted molar refractivity (Wildman–Crippen MR) is 89.9 cm³/mol. The van der Waals surface area contributed by atoms with E-state index in [0.29, 0.717) is 6.42 Å². The fourth-order valence-corrected chi connectivity index (χ4v) is 2.90. The molecule has 0 bridgehead atoms. The van der Waals surface area contributed by atoms with Crippen molar-refractivity contribution in [3.05, 3.63) is 33.1 Å². The molecule has 2 rings (SSSR count). The minimum absolute atomic E-state index is 0.0330. The van der Waals surface area contributed by atoms with Gasteiger partial charge in [0.1, 0.15) is 12.2 Å². The van der Waals surface area contributed by atoms with Gasteiger partial charge in [-0.1, -0.05) is 20.8 Å². The summed E-state index contributed by atoms with van der Waals surface area (Å²) in [6, 6.07) is 1.23. The van der Waals surface area contributed by atoms with E-state index >= 15 is 0 Å². The Bertz CT molecular complexity index is 680. The van der Waals surface area contributed by atoms with Gasteiger partial charge in [0.15, 0.2) is 6.23 Å². The largest absolute Gasteiger partial charge is 0.386 e. The minimum Gasteiger partial charge on any atom is -0.386 e. The first-order valence-corrected chi connectivity index (χ1v) is 8.20. The Kier molecular flexibility index (Phi) is 5.09. The van der Waals surface area contributed by atoms with E-state index in [4.69, 9.17) is 9.47 Å². The summed E-state index contributed by atoms with van der Waals surface area (Å²) in [5, 5.41) is 10.7. The maximum Gasteiger partial charge on any atom is 0.330 e. The number of rotatable bonds is 3. The van der Waals surface area contributed by atoms with E-state index in [0.717, 1.165) is 0 Å². The highest BCUT2D eigenvalue weighted by Crippen LogP contribution is 2.38. The molecule has 0 saturated carbocycles. The summed E-state index contributed by atoms with van der Waals surface area (Å²) in [6.45, 7) is 12.0. The third kappa shape index (κ3) is 4.55. The number of hydrogen-bond donors (Lipinski definition) is 2. The van der Waals surface area contributed by atoms with Gasteiger partial charge in [-0.15, -0.1) is 0 Å². The predicted octanol–water partition coefficient (Wildman–Crippen LogP) is 1.41. The number of hydrogen-bond acceptors (Lipinski definition) is 5. The highest BCUT2D eigenvalue weighted by molar-refractivity contribution is 4.96. The van der Waals surface area contributed by atoms with Crippen LogP contribution in [0, 0.1) is 5.41 Å². The zero-order chi connectivity index (χ0) is 18.3. The van der Waals surface area contributed by atoms with Gasteiger partial charge in [-0.2, -0.15) is 0 Å². The molecule has 0 aromatic carbocycles. The zero-order valence-electron chi connectivity index (χ0n) is 15.2. The Morgan fingerprint density at radius 2 is 1.88 bits per heavy atom. The van der Waals surface area contributed by atoms with Crippen LogP contribution < -0.4 is 11.2 Å². The number of H-pyrrole nitrogens is 1. The molecule has 0 radical (unpaired) electrons. The Labute approximate surface area is 141 Å². The summed E-state index contributed by atoms with van der Waals surface area (Å²) in [7, 11) is 0. The van der Waals surface area contributed by atoms with Crippen LogP contribution >= 0.6 is 0 Å². The van der Waals surface area contributed by atoms with Crippen molar-refractivity contribution in [2.45, 2.75) is 78.1 Å². The SMILES string of the molecule is CC(C)(C)C[C@H]1O[C@@H](n2ccc(=O)[nH]c2=O)C(O)C1OC(C)(C)C. The van der Waals surface area contributed by atoms with Crippen molar-refractivity contribution in [2.24, 2.45) is 5.41 Å². The molecule has 0 spiro atoms. The van der Waals surface area contributed by atoms with Gasteiger partial charge in [-0.3, -0.25) is 14.3 Å². The quantitative estimate of drug-likeness (QED) is 0.868. The lowest BCUT2D eigenvalue weighted by Crippen LogP contribution is -2.42. The van der Waals surface area contributed by atoms with E-state index in [1.54, 1.807) is 0 Å². The van der Waals surface area contributed by atoms with Crippen LogP contribution in [0.25, 0.3) is 0 Å². The third-order valence-electron chi connectivity index (χ3n) is 3.74. The van der Waals surface area contributed by atoms with E-state index in [9.17, 15) is 14.7 Å². The van der Waals surface area contributed by atoms with Crippen LogP contribution in [0.15, 0.2) is 21.9 Å². The molecule has 1 aliphatic heterocycles. The van der Waals surface area contributed by atoms with Gasteiger partial charge in [-0.25, -0.2) is 4.79 Å². The molecule has 1 fully saturated rings. The molecule has 7 nitrogen and oxygen atoms in total. The minimum atomic E-state index is -1.01. The second kappa shape index (κ2) is 6.46. The van der Waals surface area contributed by atoms with E-state index in [1.807, 2.05) is 20.8 Å². The van der Waals surface area contributed by atoms with Crippen LogP contribution in [0.2, 0.25) is 0 Å². The van der Waals surface area contributed by atoms with E-state index in [-0.39, 0.29) is 11.5 Å². The Balaban J connectivity index is 2.35. The number of nitrogens with one attached hydrogen (secondary N) is 1. The molecule has 1 aliphatic rings.